The van der Waals surface area contributed by atoms with Crippen LogP contribution in [0.3, 0.4) is 0 Å². The summed E-state index contributed by atoms with van der Waals surface area (Å²) in [4.78, 5) is 20.0. The Morgan fingerprint density at radius 2 is 2.18 bits per heavy atom. The Morgan fingerprint density at radius 1 is 1.41 bits per heavy atom. The van der Waals surface area contributed by atoms with E-state index in [1.807, 2.05) is 6.92 Å². The Labute approximate surface area is 134 Å². The molecule has 0 amide bonds. The first-order chi connectivity index (χ1) is 10.5. The van der Waals surface area contributed by atoms with Crippen molar-refractivity contribution >= 4 is 34.2 Å². The number of nitro benzene ring substituents is 1. The van der Waals surface area contributed by atoms with Gasteiger partial charge in [0.2, 0.25) is 9.73 Å². The van der Waals surface area contributed by atoms with Crippen molar-refractivity contribution in [3.63, 3.8) is 0 Å². The smallest absolute Gasteiger partial charge is 0.258 e. The number of fused-ring (bicyclic) bond motifs is 1. The quantitative estimate of drug-likeness (QED) is 0.415. The summed E-state index contributed by atoms with van der Waals surface area (Å²) >= 11 is 6.69. The SMILES string of the molecule is CCc1nn2c(=S)nc(-c3cccc([N+](=O)[O-])c3C)nc2s1. The lowest BCUT2D eigenvalue weighted by molar-refractivity contribution is -0.385. The number of hydrogen-bond donors (Lipinski definition) is 0. The third-order valence-electron chi connectivity index (χ3n) is 3.23. The van der Waals surface area contributed by atoms with Crippen molar-refractivity contribution in [2.45, 2.75) is 20.3 Å². The van der Waals surface area contributed by atoms with Crippen molar-refractivity contribution in [1.82, 2.24) is 19.6 Å². The van der Waals surface area contributed by atoms with Crippen molar-refractivity contribution in [2.75, 3.05) is 0 Å². The molecule has 3 rings (SSSR count). The van der Waals surface area contributed by atoms with Gasteiger partial charge in [0.15, 0.2) is 5.82 Å². The van der Waals surface area contributed by atoms with Gasteiger partial charge < -0.3 is 0 Å². The van der Waals surface area contributed by atoms with Crippen molar-refractivity contribution in [1.29, 1.82) is 0 Å². The fourth-order valence-electron chi connectivity index (χ4n) is 2.10. The van der Waals surface area contributed by atoms with E-state index in [-0.39, 0.29) is 5.69 Å². The summed E-state index contributed by atoms with van der Waals surface area (Å²) in [6.45, 7) is 3.68. The van der Waals surface area contributed by atoms with Crippen molar-refractivity contribution in [2.24, 2.45) is 0 Å². The summed E-state index contributed by atoms with van der Waals surface area (Å²) in [6.07, 6.45) is 0.786. The Balaban J connectivity index is 2.25. The van der Waals surface area contributed by atoms with E-state index >= 15 is 0 Å². The second-order valence-corrected chi connectivity index (χ2v) is 5.99. The van der Waals surface area contributed by atoms with Crippen molar-refractivity contribution < 1.29 is 4.92 Å². The Bertz CT molecular complexity index is 947. The second-order valence-electron chi connectivity index (χ2n) is 4.58. The summed E-state index contributed by atoms with van der Waals surface area (Å²) in [7, 11) is 0. The van der Waals surface area contributed by atoms with Gasteiger partial charge in [-0.15, -0.1) is 0 Å². The second kappa shape index (κ2) is 5.50. The van der Waals surface area contributed by atoms with Gasteiger partial charge in [-0.1, -0.05) is 30.4 Å². The fraction of sp³-hybridized carbons (Fsp3) is 0.231. The van der Waals surface area contributed by atoms with Gasteiger partial charge in [0.05, 0.1) is 4.92 Å². The molecule has 0 saturated heterocycles. The lowest BCUT2D eigenvalue weighted by Gasteiger charge is -2.04. The topological polar surface area (TPSA) is 86.2 Å². The molecule has 2 heterocycles. The van der Waals surface area contributed by atoms with Crippen molar-refractivity contribution in [3.8, 4) is 11.4 Å². The van der Waals surface area contributed by atoms with E-state index in [0.29, 0.717) is 26.7 Å². The molecular weight excluding hydrogens is 322 g/mol. The number of benzene rings is 1. The minimum absolute atomic E-state index is 0.0401. The summed E-state index contributed by atoms with van der Waals surface area (Å²) < 4.78 is 1.82. The number of hydrogen-bond acceptors (Lipinski definition) is 7. The van der Waals surface area contributed by atoms with Crippen LogP contribution in [-0.2, 0) is 6.42 Å². The lowest BCUT2D eigenvalue weighted by atomic mass is 10.1. The van der Waals surface area contributed by atoms with Gasteiger partial charge in [0, 0.05) is 17.2 Å². The van der Waals surface area contributed by atoms with Crippen LogP contribution in [0.1, 0.15) is 17.5 Å². The number of nitro groups is 1. The fourth-order valence-corrected chi connectivity index (χ4v) is 3.19. The van der Waals surface area contributed by atoms with Gasteiger partial charge in [0.25, 0.3) is 5.69 Å². The monoisotopic (exact) mass is 333 g/mol. The van der Waals surface area contributed by atoms with Crippen LogP contribution < -0.4 is 0 Å². The first-order valence-corrected chi connectivity index (χ1v) is 7.75. The van der Waals surface area contributed by atoms with E-state index in [0.717, 1.165) is 11.4 Å². The maximum atomic E-state index is 11.1. The standard InChI is InChI=1S/C13H11N5O2S2/c1-3-10-16-17-12(21)14-11(15-13(17)22-10)8-5-4-6-9(7(8)2)18(19)20/h4-6H,3H2,1-2H3. The Kier molecular flexibility index (Phi) is 3.67. The highest BCUT2D eigenvalue weighted by atomic mass is 32.1. The van der Waals surface area contributed by atoms with Crippen LogP contribution in [0.4, 0.5) is 5.69 Å². The van der Waals surface area contributed by atoms with Crippen LogP contribution in [0.25, 0.3) is 16.3 Å². The molecule has 0 unspecified atom stereocenters. The van der Waals surface area contributed by atoms with Crippen LogP contribution in [0.5, 0.6) is 0 Å². The third-order valence-corrected chi connectivity index (χ3v) is 4.55. The lowest BCUT2D eigenvalue weighted by Crippen LogP contribution is -2.01. The maximum Gasteiger partial charge on any atom is 0.273 e. The number of nitrogens with zero attached hydrogens (tertiary/aromatic N) is 5. The van der Waals surface area contributed by atoms with Crippen LogP contribution >= 0.6 is 23.6 Å². The number of aromatic nitrogens is 4. The molecule has 0 radical (unpaired) electrons. The summed E-state index contributed by atoms with van der Waals surface area (Å²) in [5, 5.41) is 16.3. The highest BCUT2D eigenvalue weighted by Gasteiger charge is 2.17. The van der Waals surface area contributed by atoms with Crippen LogP contribution in [-0.4, -0.2) is 24.5 Å². The summed E-state index contributed by atoms with van der Waals surface area (Å²) in [6, 6.07) is 4.83. The Hall–Kier alpha value is -2.26. The Morgan fingerprint density at radius 3 is 2.86 bits per heavy atom. The number of rotatable bonds is 3. The molecular formula is C13H11N5O2S2. The zero-order chi connectivity index (χ0) is 15.9. The highest BCUT2D eigenvalue weighted by molar-refractivity contribution is 7.71. The van der Waals surface area contributed by atoms with Gasteiger partial charge in [-0.2, -0.15) is 19.6 Å². The predicted molar refractivity (Wildman–Crippen MR) is 85.7 cm³/mol. The normalized spacial score (nSPS) is 11.0. The molecule has 3 aromatic rings. The largest absolute Gasteiger partial charge is 0.273 e. The molecule has 22 heavy (non-hydrogen) atoms. The van der Waals surface area contributed by atoms with Gasteiger partial charge >= 0.3 is 0 Å². The van der Waals surface area contributed by atoms with E-state index in [4.69, 9.17) is 12.2 Å². The summed E-state index contributed by atoms with van der Waals surface area (Å²) in [5.74, 6) is 0.387. The zero-order valence-corrected chi connectivity index (χ0v) is 13.4. The van der Waals surface area contributed by atoms with Crippen LogP contribution in [0, 0.1) is 21.8 Å². The molecule has 0 N–H and O–H groups in total. The van der Waals surface area contributed by atoms with Gasteiger partial charge in [0.1, 0.15) is 5.01 Å². The molecule has 2 aromatic heterocycles. The zero-order valence-electron chi connectivity index (χ0n) is 11.8. The average molecular weight is 333 g/mol. The molecule has 0 aliphatic heterocycles. The molecule has 112 valence electrons. The molecule has 0 spiro atoms. The number of aryl methyl sites for hydroxylation is 1. The molecule has 0 fully saturated rings. The molecule has 0 aliphatic rings. The molecule has 9 heteroatoms. The van der Waals surface area contributed by atoms with Gasteiger partial charge in [-0.05, 0) is 25.6 Å². The molecule has 7 nitrogen and oxygen atoms in total. The third kappa shape index (κ3) is 2.38. The minimum atomic E-state index is -0.414. The van der Waals surface area contributed by atoms with Crippen molar-refractivity contribution in [3.05, 3.63) is 43.7 Å². The average Bonchev–Trinajstić information content (AvgIpc) is 2.91. The van der Waals surface area contributed by atoms with Crippen LogP contribution in [0.15, 0.2) is 18.2 Å². The highest BCUT2D eigenvalue weighted by Crippen LogP contribution is 2.28. The predicted octanol–water partition coefficient (Wildman–Crippen LogP) is 3.36. The molecule has 0 bridgehead atoms. The molecule has 0 saturated carbocycles. The van der Waals surface area contributed by atoms with E-state index in [9.17, 15) is 10.1 Å². The molecule has 0 aliphatic carbocycles. The summed E-state index contributed by atoms with van der Waals surface area (Å²) in [5.41, 5.74) is 1.17. The van der Waals surface area contributed by atoms with Crippen LogP contribution in [0.2, 0.25) is 0 Å². The first-order valence-electron chi connectivity index (χ1n) is 6.52. The van der Waals surface area contributed by atoms with Gasteiger partial charge in [-0.25, -0.2) is 0 Å². The van der Waals surface area contributed by atoms with E-state index < -0.39 is 4.92 Å². The molecule has 1 aromatic carbocycles. The van der Waals surface area contributed by atoms with E-state index in [1.54, 1.807) is 19.1 Å². The maximum absolute atomic E-state index is 11.1. The van der Waals surface area contributed by atoms with Gasteiger partial charge in [-0.3, -0.25) is 10.1 Å². The minimum Gasteiger partial charge on any atom is -0.258 e. The van der Waals surface area contributed by atoms with E-state index in [1.165, 1.54) is 21.9 Å². The molecule has 0 atom stereocenters. The van der Waals surface area contributed by atoms with E-state index in [2.05, 4.69) is 15.1 Å². The first kappa shape index (κ1) is 14.7.